The summed E-state index contributed by atoms with van der Waals surface area (Å²) in [7, 11) is 0. The van der Waals surface area contributed by atoms with E-state index in [-0.39, 0.29) is 11.9 Å². The van der Waals surface area contributed by atoms with Gasteiger partial charge in [-0.1, -0.05) is 29.3 Å². The molecular formula is C14H14Cl2N2OS. The Hall–Kier alpha value is -0.810. The van der Waals surface area contributed by atoms with Gasteiger partial charge in [0.25, 0.3) is 5.91 Å². The van der Waals surface area contributed by atoms with Crippen LogP contribution in [0.5, 0.6) is 0 Å². The second kappa shape index (κ2) is 5.53. The summed E-state index contributed by atoms with van der Waals surface area (Å²) in [5, 5.41) is 4.98. The normalized spacial score (nSPS) is 16.4. The minimum atomic E-state index is -0.144. The van der Waals surface area contributed by atoms with E-state index >= 15 is 0 Å². The van der Waals surface area contributed by atoms with Crippen LogP contribution in [0.25, 0.3) is 10.1 Å². The van der Waals surface area contributed by atoms with Crippen molar-refractivity contribution in [1.29, 1.82) is 0 Å². The van der Waals surface area contributed by atoms with Crippen LogP contribution in [0.15, 0.2) is 18.2 Å². The number of thiophene rings is 1. The van der Waals surface area contributed by atoms with Crippen LogP contribution in [-0.4, -0.2) is 18.5 Å². The van der Waals surface area contributed by atoms with Crippen LogP contribution in [-0.2, 0) is 0 Å². The average molecular weight is 329 g/mol. The number of nitrogens with two attached hydrogens (primary N) is 1. The lowest BCUT2D eigenvalue weighted by Crippen LogP contribution is -2.41. The molecule has 3 rings (SSSR count). The molecular weight excluding hydrogens is 315 g/mol. The lowest BCUT2D eigenvalue weighted by Gasteiger charge is -2.15. The molecule has 2 aromatic rings. The molecule has 1 amide bonds. The molecule has 3 nitrogen and oxygen atoms in total. The van der Waals surface area contributed by atoms with Crippen LogP contribution in [0.3, 0.4) is 0 Å². The molecule has 6 heteroatoms. The van der Waals surface area contributed by atoms with Crippen molar-refractivity contribution >= 4 is 50.5 Å². The van der Waals surface area contributed by atoms with E-state index < -0.39 is 0 Å². The molecule has 1 aliphatic carbocycles. The fraction of sp³-hybridized carbons (Fsp3) is 0.357. The molecule has 20 heavy (non-hydrogen) atoms. The predicted octanol–water partition coefficient (Wildman–Crippen LogP) is 3.68. The first-order chi connectivity index (χ1) is 9.60. The van der Waals surface area contributed by atoms with Crippen molar-refractivity contribution in [2.45, 2.75) is 18.9 Å². The number of carbonyl (C=O) groups is 1. The lowest BCUT2D eigenvalue weighted by molar-refractivity contribution is 0.0938. The standard InChI is InChI=1S/C14H14Cl2N2OS/c15-8-3-4-9-11(5-8)20-13(12(9)16)14(19)18-10(6-17)7-1-2-7/h3-5,7,10H,1-2,6,17H2,(H,18,19). The van der Waals surface area contributed by atoms with E-state index in [4.69, 9.17) is 28.9 Å². The Kier molecular flexibility index (Phi) is 3.91. The van der Waals surface area contributed by atoms with Gasteiger partial charge < -0.3 is 11.1 Å². The zero-order valence-corrected chi connectivity index (χ0v) is 13.0. The van der Waals surface area contributed by atoms with Gasteiger partial charge in [-0.3, -0.25) is 4.79 Å². The number of rotatable bonds is 4. The number of benzene rings is 1. The Morgan fingerprint density at radius 1 is 1.45 bits per heavy atom. The molecule has 0 aliphatic heterocycles. The first-order valence-electron chi connectivity index (χ1n) is 6.48. The van der Waals surface area contributed by atoms with E-state index in [2.05, 4.69) is 5.32 Å². The van der Waals surface area contributed by atoms with Crippen molar-refractivity contribution < 1.29 is 4.79 Å². The van der Waals surface area contributed by atoms with E-state index in [1.807, 2.05) is 12.1 Å². The Balaban J connectivity index is 1.89. The van der Waals surface area contributed by atoms with Crippen LogP contribution in [0, 0.1) is 5.92 Å². The van der Waals surface area contributed by atoms with Crippen molar-refractivity contribution in [3.8, 4) is 0 Å². The molecule has 106 valence electrons. The Labute approximate surface area is 131 Å². The number of nitrogens with one attached hydrogen (secondary N) is 1. The van der Waals surface area contributed by atoms with Crippen molar-refractivity contribution in [3.05, 3.63) is 33.1 Å². The zero-order chi connectivity index (χ0) is 14.3. The smallest absolute Gasteiger partial charge is 0.263 e. The summed E-state index contributed by atoms with van der Waals surface area (Å²) < 4.78 is 0.920. The van der Waals surface area contributed by atoms with Crippen molar-refractivity contribution in [2.24, 2.45) is 11.7 Å². The molecule has 1 saturated carbocycles. The Bertz CT molecular complexity index is 666. The molecule has 1 aliphatic rings. The maximum atomic E-state index is 12.3. The minimum Gasteiger partial charge on any atom is -0.347 e. The fourth-order valence-corrected chi connectivity index (χ4v) is 3.98. The topological polar surface area (TPSA) is 55.1 Å². The van der Waals surface area contributed by atoms with E-state index in [1.54, 1.807) is 6.07 Å². The third-order valence-corrected chi connectivity index (χ3v) is 5.45. The number of hydrogen-bond donors (Lipinski definition) is 2. The van der Waals surface area contributed by atoms with Crippen LogP contribution in [0.4, 0.5) is 0 Å². The van der Waals surface area contributed by atoms with Gasteiger partial charge >= 0.3 is 0 Å². The van der Waals surface area contributed by atoms with E-state index in [1.165, 1.54) is 11.3 Å². The third-order valence-electron chi connectivity index (χ3n) is 3.56. The molecule has 1 aromatic carbocycles. The van der Waals surface area contributed by atoms with E-state index in [0.717, 1.165) is 22.9 Å². The molecule has 1 heterocycles. The molecule has 1 atom stereocenters. The number of amides is 1. The molecule has 1 fully saturated rings. The van der Waals surface area contributed by atoms with E-state index in [9.17, 15) is 4.79 Å². The molecule has 0 saturated heterocycles. The molecule has 1 unspecified atom stereocenters. The Morgan fingerprint density at radius 2 is 2.20 bits per heavy atom. The summed E-state index contributed by atoms with van der Waals surface area (Å²) >= 11 is 13.6. The van der Waals surface area contributed by atoms with E-state index in [0.29, 0.717) is 27.4 Å². The van der Waals surface area contributed by atoms with Crippen molar-refractivity contribution in [2.75, 3.05) is 6.54 Å². The van der Waals surface area contributed by atoms with Crippen LogP contribution in [0.1, 0.15) is 22.5 Å². The predicted molar refractivity (Wildman–Crippen MR) is 84.9 cm³/mol. The molecule has 0 radical (unpaired) electrons. The van der Waals surface area contributed by atoms with Gasteiger partial charge in [0, 0.05) is 27.7 Å². The number of fused-ring (bicyclic) bond motifs is 1. The van der Waals surface area contributed by atoms with Gasteiger partial charge in [0.2, 0.25) is 0 Å². The van der Waals surface area contributed by atoms with Crippen LogP contribution in [0.2, 0.25) is 10.0 Å². The highest BCUT2D eigenvalue weighted by Gasteiger charge is 2.32. The highest BCUT2D eigenvalue weighted by Crippen LogP contribution is 2.37. The summed E-state index contributed by atoms with van der Waals surface area (Å²) in [5.74, 6) is 0.376. The number of halogens is 2. The van der Waals surface area contributed by atoms with Crippen LogP contribution >= 0.6 is 34.5 Å². The molecule has 0 bridgehead atoms. The maximum absolute atomic E-state index is 12.3. The van der Waals surface area contributed by atoms with Gasteiger partial charge in [-0.25, -0.2) is 0 Å². The van der Waals surface area contributed by atoms with Gasteiger partial charge in [0.1, 0.15) is 4.88 Å². The van der Waals surface area contributed by atoms with Gasteiger partial charge in [-0.2, -0.15) is 0 Å². The first kappa shape index (κ1) is 14.1. The SMILES string of the molecule is NCC(NC(=O)c1sc2cc(Cl)ccc2c1Cl)C1CC1. The highest BCUT2D eigenvalue weighted by atomic mass is 35.5. The minimum absolute atomic E-state index is 0.0485. The monoisotopic (exact) mass is 328 g/mol. The molecule has 0 spiro atoms. The zero-order valence-electron chi connectivity index (χ0n) is 10.7. The van der Waals surface area contributed by atoms with Gasteiger partial charge in [0.15, 0.2) is 0 Å². The van der Waals surface area contributed by atoms with Gasteiger partial charge in [-0.15, -0.1) is 11.3 Å². The second-order valence-electron chi connectivity index (χ2n) is 5.04. The average Bonchev–Trinajstić information content (AvgIpc) is 3.21. The van der Waals surface area contributed by atoms with Gasteiger partial charge in [-0.05, 0) is 30.9 Å². The summed E-state index contributed by atoms with van der Waals surface area (Å²) in [5.41, 5.74) is 5.71. The van der Waals surface area contributed by atoms with Crippen LogP contribution < -0.4 is 11.1 Å². The fourth-order valence-electron chi connectivity index (χ4n) is 2.29. The third kappa shape index (κ3) is 2.66. The van der Waals surface area contributed by atoms with Crippen molar-refractivity contribution in [1.82, 2.24) is 5.32 Å². The second-order valence-corrected chi connectivity index (χ2v) is 6.91. The summed E-state index contributed by atoms with van der Waals surface area (Å²) in [6, 6.07) is 5.49. The lowest BCUT2D eigenvalue weighted by atomic mass is 10.2. The molecule has 3 N–H and O–H groups in total. The first-order valence-corrected chi connectivity index (χ1v) is 8.06. The van der Waals surface area contributed by atoms with Crippen molar-refractivity contribution in [3.63, 3.8) is 0 Å². The van der Waals surface area contributed by atoms with Gasteiger partial charge in [0.05, 0.1) is 5.02 Å². The molecule has 1 aromatic heterocycles. The summed E-state index contributed by atoms with van der Waals surface area (Å²) in [6.45, 7) is 0.463. The number of hydrogen-bond acceptors (Lipinski definition) is 3. The summed E-state index contributed by atoms with van der Waals surface area (Å²) in [4.78, 5) is 12.9. The Morgan fingerprint density at radius 3 is 2.85 bits per heavy atom. The number of carbonyl (C=O) groups excluding carboxylic acids is 1. The maximum Gasteiger partial charge on any atom is 0.263 e. The highest BCUT2D eigenvalue weighted by molar-refractivity contribution is 7.21. The summed E-state index contributed by atoms with van der Waals surface area (Å²) in [6.07, 6.45) is 2.27. The quantitative estimate of drug-likeness (QED) is 0.899. The largest absolute Gasteiger partial charge is 0.347 e.